The Hall–Kier alpha value is -1.97. The number of nitrogens with zero attached hydrogens (tertiary/aromatic N) is 1. The van der Waals surface area contributed by atoms with Gasteiger partial charge in [-0.2, -0.15) is 0 Å². The average Bonchev–Trinajstić information content (AvgIpc) is 2.64. The number of esters is 1. The molecule has 1 atom stereocenters. The molecule has 2 rings (SSSR count). The molecule has 0 aromatic rings. The molecule has 0 aliphatic carbocycles. The summed E-state index contributed by atoms with van der Waals surface area (Å²) in [4.78, 5) is 12.9. The lowest BCUT2D eigenvalue weighted by Crippen LogP contribution is -2.30. The second kappa shape index (κ2) is 4.49. The molecule has 0 saturated carbocycles. The van der Waals surface area contributed by atoms with Crippen LogP contribution in [0, 0.1) is 0 Å². The molecule has 0 amide bonds. The van der Waals surface area contributed by atoms with E-state index in [2.05, 4.69) is 11.5 Å². The zero-order chi connectivity index (χ0) is 12.4. The Kier molecular flexibility index (Phi) is 3.04. The van der Waals surface area contributed by atoms with Crippen molar-refractivity contribution in [2.75, 3.05) is 13.7 Å². The van der Waals surface area contributed by atoms with Crippen LogP contribution >= 0.6 is 0 Å². The van der Waals surface area contributed by atoms with Gasteiger partial charge in [-0.1, -0.05) is 12.7 Å². The molecule has 0 N–H and O–H groups in total. The SMILES string of the molecule is C=CC1=CN(C)C2C(COC(C)=O)=COC=C12. The van der Waals surface area contributed by atoms with E-state index in [1.807, 2.05) is 13.2 Å². The van der Waals surface area contributed by atoms with E-state index in [1.165, 1.54) is 6.92 Å². The normalized spacial score (nSPS) is 21.9. The van der Waals surface area contributed by atoms with E-state index in [0.717, 1.165) is 16.7 Å². The molecule has 17 heavy (non-hydrogen) atoms. The number of likely N-dealkylation sites (N-methyl/N-ethyl adjacent to an activating group) is 1. The number of allylic oxidation sites excluding steroid dienone is 1. The zero-order valence-corrected chi connectivity index (χ0v) is 9.97. The number of carbonyl (C=O) groups is 1. The van der Waals surface area contributed by atoms with Crippen LogP contribution in [0.4, 0.5) is 0 Å². The summed E-state index contributed by atoms with van der Waals surface area (Å²) >= 11 is 0. The maximum atomic E-state index is 10.8. The number of ether oxygens (including phenoxy) is 2. The van der Waals surface area contributed by atoms with Gasteiger partial charge in [0.15, 0.2) is 0 Å². The molecule has 0 aromatic heterocycles. The van der Waals surface area contributed by atoms with Crippen LogP contribution < -0.4 is 0 Å². The Labute approximate surface area is 100 Å². The first-order chi connectivity index (χ1) is 8.13. The molecule has 4 nitrogen and oxygen atoms in total. The molecule has 0 radical (unpaired) electrons. The van der Waals surface area contributed by atoms with Gasteiger partial charge in [0, 0.05) is 31.3 Å². The first-order valence-electron chi connectivity index (χ1n) is 5.38. The Morgan fingerprint density at radius 2 is 2.41 bits per heavy atom. The van der Waals surface area contributed by atoms with Gasteiger partial charge in [-0.3, -0.25) is 4.79 Å². The monoisotopic (exact) mass is 233 g/mol. The molecule has 0 spiro atoms. The minimum atomic E-state index is -0.292. The third-order valence-electron chi connectivity index (χ3n) is 2.81. The minimum absolute atomic E-state index is 0.0797. The van der Waals surface area contributed by atoms with Crippen molar-refractivity contribution in [3.8, 4) is 0 Å². The summed E-state index contributed by atoms with van der Waals surface area (Å²) in [6, 6.07) is 0.0797. The maximum Gasteiger partial charge on any atom is 0.302 e. The first-order valence-corrected chi connectivity index (χ1v) is 5.38. The first kappa shape index (κ1) is 11.5. The van der Waals surface area contributed by atoms with Crippen LogP contribution in [0.2, 0.25) is 0 Å². The van der Waals surface area contributed by atoms with Gasteiger partial charge >= 0.3 is 5.97 Å². The summed E-state index contributed by atoms with van der Waals surface area (Å²) in [6.45, 7) is 5.42. The average molecular weight is 233 g/mol. The summed E-state index contributed by atoms with van der Waals surface area (Å²) in [7, 11) is 1.97. The Morgan fingerprint density at radius 3 is 3.06 bits per heavy atom. The van der Waals surface area contributed by atoms with Gasteiger partial charge in [-0.25, -0.2) is 0 Å². The van der Waals surface area contributed by atoms with Crippen LogP contribution in [0.1, 0.15) is 6.92 Å². The van der Waals surface area contributed by atoms with Crippen molar-refractivity contribution in [2.45, 2.75) is 13.0 Å². The number of hydrogen-bond donors (Lipinski definition) is 0. The standard InChI is InChI=1S/C13H15NO3/c1-4-10-5-14(3)13-11(7-17-9(2)15)6-16-8-12(10)13/h4-6,8,13H,1,7H2,2-3H3. The van der Waals surface area contributed by atoms with E-state index in [9.17, 15) is 4.79 Å². The fourth-order valence-corrected chi connectivity index (χ4v) is 2.07. The number of hydrogen-bond acceptors (Lipinski definition) is 4. The molecule has 0 aromatic carbocycles. The van der Waals surface area contributed by atoms with Gasteiger partial charge in [0.25, 0.3) is 0 Å². The van der Waals surface area contributed by atoms with Crippen molar-refractivity contribution in [1.29, 1.82) is 0 Å². The topological polar surface area (TPSA) is 38.8 Å². The molecule has 0 saturated heterocycles. The number of fused-ring (bicyclic) bond motifs is 1. The Balaban J connectivity index is 2.16. The van der Waals surface area contributed by atoms with E-state index < -0.39 is 0 Å². The molecule has 2 aliphatic rings. The lowest BCUT2D eigenvalue weighted by atomic mass is 9.97. The van der Waals surface area contributed by atoms with Crippen molar-refractivity contribution in [1.82, 2.24) is 4.90 Å². The van der Waals surface area contributed by atoms with Crippen molar-refractivity contribution in [3.05, 3.63) is 48.1 Å². The van der Waals surface area contributed by atoms with Gasteiger partial charge in [0.1, 0.15) is 6.61 Å². The van der Waals surface area contributed by atoms with E-state index in [1.54, 1.807) is 18.6 Å². The highest BCUT2D eigenvalue weighted by molar-refractivity contribution is 5.66. The molecule has 2 aliphatic heterocycles. The summed E-state index contributed by atoms with van der Waals surface area (Å²) in [5, 5.41) is 0. The minimum Gasteiger partial charge on any atom is -0.472 e. The summed E-state index contributed by atoms with van der Waals surface area (Å²) < 4.78 is 10.3. The Morgan fingerprint density at radius 1 is 1.65 bits per heavy atom. The molecule has 0 bridgehead atoms. The molecule has 2 heterocycles. The summed E-state index contributed by atoms with van der Waals surface area (Å²) in [5.74, 6) is -0.292. The van der Waals surface area contributed by atoms with E-state index in [0.29, 0.717) is 0 Å². The zero-order valence-electron chi connectivity index (χ0n) is 9.97. The molecular formula is C13H15NO3. The maximum absolute atomic E-state index is 10.8. The largest absolute Gasteiger partial charge is 0.472 e. The second-order valence-electron chi connectivity index (χ2n) is 4.04. The highest BCUT2D eigenvalue weighted by atomic mass is 16.5. The molecule has 90 valence electrons. The fraction of sp³-hybridized carbons (Fsp3) is 0.308. The van der Waals surface area contributed by atoms with Gasteiger partial charge in [0.2, 0.25) is 0 Å². The van der Waals surface area contributed by atoms with Gasteiger partial charge in [0.05, 0.1) is 18.6 Å². The molecular weight excluding hydrogens is 218 g/mol. The third-order valence-corrected chi connectivity index (χ3v) is 2.81. The number of rotatable bonds is 3. The van der Waals surface area contributed by atoms with E-state index in [4.69, 9.17) is 9.47 Å². The number of carbonyl (C=O) groups excluding carboxylic acids is 1. The van der Waals surface area contributed by atoms with Crippen LogP contribution in [0.5, 0.6) is 0 Å². The van der Waals surface area contributed by atoms with Crippen LogP contribution in [-0.2, 0) is 14.3 Å². The van der Waals surface area contributed by atoms with E-state index in [-0.39, 0.29) is 18.6 Å². The predicted molar refractivity (Wildman–Crippen MR) is 63.7 cm³/mol. The molecule has 0 fully saturated rings. The summed E-state index contributed by atoms with van der Waals surface area (Å²) in [5.41, 5.74) is 3.01. The second-order valence-corrected chi connectivity index (χ2v) is 4.04. The smallest absolute Gasteiger partial charge is 0.302 e. The molecule has 1 unspecified atom stereocenters. The van der Waals surface area contributed by atoms with Gasteiger partial charge < -0.3 is 14.4 Å². The van der Waals surface area contributed by atoms with Crippen molar-refractivity contribution in [2.24, 2.45) is 0 Å². The van der Waals surface area contributed by atoms with Crippen molar-refractivity contribution in [3.63, 3.8) is 0 Å². The molecule has 4 heteroatoms. The lowest BCUT2D eigenvalue weighted by molar-refractivity contribution is -0.140. The summed E-state index contributed by atoms with van der Waals surface area (Å²) in [6.07, 6.45) is 7.13. The van der Waals surface area contributed by atoms with Crippen LogP contribution in [-0.4, -0.2) is 30.6 Å². The quantitative estimate of drug-likeness (QED) is 0.696. The van der Waals surface area contributed by atoms with Crippen LogP contribution in [0.3, 0.4) is 0 Å². The third kappa shape index (κ3) is 2.11. The van der Waals surface area contributed by atoms with E-state index >= 15 is 0 Å². The highest BCUT2D eigenvalue weighted by Gasteiger charge is 2.32. The highest BCUT2D eigenvalue weighted by Crippen LogP contribution is 2.34. The van der Waals surface area contributed by atoms with Crippen LogP contribution in [0.25, 0.3) is 0 Å². The van der Waals surface area contributed by atoms with Gasteiger partial charge in [-0.15, -0.1) is 0 Å². The fourth-order valence-electron chi connectivity index (χ4n) is 2.07. The van der Waals surface area contributed by atoms with Crippen molar-refractivity contribution < 1.29 is 14.3 Å². The Bertz CT molecular complexity index is 446. The predicted octanol–water partition coefficient (Wildman–Crippen LogP) is 1.73. The van der Waals surface area contributed by atoms with Crippen LogP contribution in [0.15, 0.2) is 48.1 Å². The lowest BCUT2D eigenvalue weighted by Gasteiger charge is -2.27. The van der Waals surface area contributed by atoms with Crippen molar-refractivity contribution >= 4 is 5.97 Å². The van der Waals surface area contributed by atoms with Gasteiger partial charge in [-0.05, 0) is 5.57 Å².